The van der Waals surface area contributed by atoms with E-state index in [1.165, 1.54) is 4.90 Å². The first kappa shape index (κ1) is 15.1. The number of likely N-dealkylation sites (tertiary alicyclic amines) is 1. The van der Waals surface area contributed by atoms with Crippen LogP contribution in [0.3, 0.4) is 0 Å². The second-order valence-corrected chi connectivity index (χ2v) is 5.76. The predicted octanol–water partition coefficient (Wildman–Crippen LogP) is 0.984. The van der Waals surface area contributed by atoms with Gasteiger partial charge in [0.1, 0.15) is 0 Å². The Morgan fingerprint density at radius 1 is 1.14 bits per heavy atom. The summed E-state index contributed by atoms with van der Waals surface area (Å²) in [5.41, 5.74) is 0.625. The Morgan fingerprint density at radius 3 is 2.23 bits per heavy atom. The van der Waals surface area contributed by atoms with E-state index in [9.17, 15) is 23.5 Å². The summed E-state index contributed by atoms with van der Waals surface area (Å²) in [6.07, 6.45) is -1.27. The zero-order valence-corrected chi connectivity index (χ0v) is 11.8. The number of hydrogen-bond donors (Lipinski definition) is 1. The van der Waals surface area contributed by atoms with E-state index in [1.807, 2.05) is 0 Å². The normalized spacial score (nSPS) is 22.2. The molecular weight excluding hydrogens is 294 g/mol. The molecule has 0 bridgehead atoms. The zero-order valence-electron chi connectivity index (χ0n) is 11.8. The summed E-state index contributed by atoms with van der Waals surface area (Å²) < 4.78 is 26.2. The molecule has 2 aliphatic heterocycles. The van der Waals surface area contributed by atoms with Crippen molar-refractivity contribution in [3.63, 3.8) is 0 Å². The molecule has 2 amide bonds. The second kappa shape index (κ2) is 5.40. The Bertz CT molecular complexity index is 586. The van der Waals surface area contributed by atoms with Gasteiger partial charge < -0.3 is 5.11 Å². The molecular formula is C15H16F2N2O3. The van der Waals surface area contributed by atoms with Crippen molar-refractivity contribution in [3.05, 3.63) is 35.4 Å². The topological polar surface area (TPSA) is 60.9 Å². The lowest BCUT2D eigenvalue weighted by molar-refractivity contribution is 0.00550. The molecule has 1 saturated heterocycles. The van der Waals surface area contributed by atoms with Crippen LogP contribution in [-0.4, -0.2) is 64.9 Å². The number of carbonyl (C=O) groups excluding carboxylic acids is 2. The van der Waals surface area contributed by atoms with Crippen molar-refractivity contribution in [1.29, 1.82) is 0 Å². The van der Waals surface area contributed by atoms with Gasteiger partial charge in [-0.05, 0) is 12.1 Å². The Kier molecular flexibility index (Phi) is 3.70. The number of alkyl halides is 2. The van der Waals surface area contributed by atoms with Gasteiger partial charge in [0.15, 0.2) is 0 Å². The summed E-state index contributed by atoms with van der Waals surface area (Å²) in [5, 5.41) is 10.0. The molecule has 1 fully saturated rings. The number of β-amino-alcohol motifs (C(OH)–C–C–N with tert-alkyl or cyclic N) is 1. The fraction of sp³-hybridized carbons (Fsp3) is 0.467. The number of halogens is 2. The second-order valence-electron chi connectivity index (χ2n) is 5.76. The Morgan fingerprint density at radius 2 is 1.73 bits per heavy atom. The van der Waals surface area contributed by atoms with Gasteiger partial charge in [0, 0.05) is 19.5 Å². The number of benzene rings is 1. The lowest BCUT2D eigenvalue weighted by Crippen LogP contribution is -2.42. The molecule has 1 N–H and O–H groups in total. The third-order valence-electron chi connectivity index (χ3n) is 3.99. The number of fused-ring (bicyclic) bond motifs is 1. The van der Waals surface area contributed by atoms with Gasteiger partial charge in [-0.25, -0.2) is 8.78 Å². The average molecular weight is 310 g/mol. The fourth-order valence-corrected chi connectivity index (χ4v) is 2.93. The Hall–Kier alpha value is -1.86. The van der Waals surface area contributed by atoms with Crippen molar-refractivity contribution in [2.45, 2.75) is 18.4 Å². The lowest BCUT2D eigenvalue weighted by Gasteiger charge is -2.23. The highest BCUT2D eigenvalue weighted by molar-refractivity contribution is 6.21. The summed E-state index contributed by atoms with van der Waals surface area (Å²) in [7, 11) is 0. The number of nitrogens with zero attached hydrogens (tertiary/aromatic N) is 2. The van der Waals surface area contributed by atoms with Gasteiger partial charge in [0.2, 0.25) is 0 Å². The van der Waals surface area contributed by atoms with Crippen molar-refractivity contribution in [3.8, 4) is 0 Å². The van der Waals surface area contributed by atoms with Gasteiger partial charge >= 0.3 is 0 Å². The predicted molar refractivity (Wildman–Crippen MR) is 73.8 cm³/mol. The summed E-state index contributed by atoms with van der Waals surface area (Å²) in [4.78, 5) is 26.7. The average Bonchev–Trinajstić information content (AvgIpc) is 2.92. The number of rotatable bonds is 4. The van der Waals surface area contributed by atoms with Crippen LogP contribution in [0.5, 0.6) is 0 Å². The maximum atomic E-state index is 13.1. The number of amides is 2. The van der Waals surface area contributed by atoms with Crippen LogP contribution in [0.2, 0.25) is 0 Å². The maximum Gasteiger partial charge on any atom is 0.261 e. The number of aliphatic hydroxyl groups is 1. The fourth-order valence-electron chi connectivity index (χ4n) is 2.93. The van der Waals surface area contributed by atoms with Crippen molar-refractivity contribution >= 4 is 11.8 Å². The van der Waals surface area contributed by atoms with E-state index < -0.39 is 30.4 Å². The van der Waals surface area contributed by atoms with E-state index in [0.29, 0.717) is 11.1 Å². The molecule has 0 aliphatic carbocycles. The van der Waals surface area contributed by atoms with E-state index in [1.54, 1.807) is 24.3 Å². The molecule has 22 heavy (non-hydrogen) atoms. The quantitative estimate of drug-likeness (QED) is 0.842. The monoisotopic (exact) mass is 310 g/mol. The summed E-state index contributed by atoms with van der Waals surface area (Å²) in [6, 6.07) is 6.44. The molecule has 5 nitrogen and oxygen atoms in total. The lowest BCUT2D eigenvalue weighted by atomic mass is 10.1. The minimum Gasteiger partial charge on any atom is -0.390 e. The number of carbonyl (C=O) groups is 2. The molecule has 0 saturated carbocycles. The van der Waals surface area contributed by atoms with Crippen LogP contribution < -0.4 is 0 Å². The minimum atomic E-state index is -2.73. The Labute approximate surface area is 126 Å². The van der Waals surface area contributed by atoms with Gasteiger partial charge in [-0.1, -0.05) is 12.1 Å². The number of imide groups is 1. The van der Waals surface area contributed by atoms with Crippen LogP contribution in [0, 0.1) is 0 Å². The molecule has 0 unspecified atom stereocenters. The van der Waals surface area contributed by atoms with E-state index in [2.05, 4.69) is 0 Å². The van der Waals surface area contributed by atoms with Crippen LogP contribution >= 0.6 is 0 Å². The van der Waals surface area contributed by atoms with Gasteiger partial charge in [-0.15, -0.1) is 0 Å². The van der Waals surface area contributed by atoms with E-state index >= 15 is 0 Å². The summed E-state index contributed by atoms with van der Waals surface area (Å²) >= 11 is 0. The molecule has 2 aliphatic rings. The van der Waals surface area contributed by atoms with Crippen molar-refractivity contribution in [1.82, 2.24) is 9.80 Å². The first-order chi connectivity index (χ1) is 10.4. The maximum absolute atomic E-state index is 13.1. The third-order valence-corrected chi connectivity index (χ3v) is 3.99. The highest BCUT2D eigenvalue weighted by atomic mass is 19.3. The SMILES string of the molecule is O=C1c2ccccc2C(=O)N1C[C@@H](O)CN1CCC(F)(F)C1. The first-order valence-electron chi connectivity index (χ1n) is 7.11. The van der Waals surface area contributed by atoms with Crippen LogP contribution in [-0.2, 0) is 0 Å². The van der Waals surface area contributed by atoms with Gasteiger partial charge in [0.05, 0.1) is 30.3 Å². The van der Waals surface area contributed by atoms with Crippen LogP contribution in [0.25, 0.3) is 0 Å². The highest BCUT2D eigenvalue weighted by Crippen LogP contribution is 2.27. The van der Waals surface area contributed by atoms with Crippen LogP contribution in [0.1, 0.15) is 27.1 Å². The van der Waals surface area contributed by atoms with Gasteiger partial charge in [0.25, 0.3) is 17.7 Å². The largest absolute Gasteiger partial charge is 0.390 e. The molecule has 0 aromatic heterocycles. The van der Waals surface area contributed by atoms with Gasteiger partial charge in [-0.2, -0.15) is 0 Å². The van der Waals surface area contributed by atoms with E-state index in [4.69, 9.17) is 0 Å². The zero-order chi connectivity index (χ0) is 15.9. The molecule has 0 spiro atoms. The van der Waals surface area contributed by atoms with Crippen LogP contribution in [0.15, 0.2) is 24.3 Å². The molecule has 7 heteroatoms. The summed E-state index contributed by atoms with van der Waals surface area (Å²) in [6.45, 7) is -0.365. The first-order valence-corrected chi connectivity index (χ1v) is 7.11. The standard InChI is InChI=1S/C15H16F2N2O3/c16-15(17)5-6-18(9-15)7-10(20)8-19-13(21)11-3-1-2-4-12(11)14(19)22/h1-4,10,20H,5-9H2/t10-/m0/s1. The highest BCUT2D eigenvalue weighted by Gasteiger charge is 2.40. The third kappa shape index (κ3) is 2.74. The van der Waals surface area contributed by atoms with E-state index in [0.717, 1.165) is 4.90 Å². The number of aliphatic hydroxyl groups excluding tert-OH is 1. The van der Waals surface area contributed by atoms with Crippen molar-refractivity contribution < 1.29 is 23.5 Å². The molecule has 3 rings (SSSR count). The molecule has 118 valence electrons. The molecule has 1 aromatic carbocycles. The van der Waals surface area contributed by atoms with Gasteiger partial charge in [-0.3, -0.25) is 19.4 Å². The smallest absolute Gasteiger partial charge is 0.261 e. The summed E-state index contributed by atoms with van der Waals surface area (Å²) in [5.74, 6) is -3.63. The van der Waals surface area contributed by atoms with Crippen molar-refractivity contribution in [2.75, 3.05) is 26.2 Å². The van der Waals surface area contributed by atoms with E-state index in [-0.39, 0.29) is 26.1 Å². The molecule has 0 radical (unpaired) electrons. The van der Waals surface area contributed by atoms with Crippen LogP contribution in [0.4, 0.5) is 8.78 Å². The Balaban J connectivity index is 1.62. The molecule has 1 atom stereocenters. The molecule has 2 heterocycles. The van der Waals surface area contributed by atoms with Crippen molar-refractivity contribution in [2.24, 2.45) is 0 Å². The molecule has 1 aromatic rings. The number of hydrogen-bond acceptors (Lipinski definition) is 4. The minimum absolute atomic E-state index is 0.0169.